The second-order valence-corrected chi connectivity index (χ2v) is 5.66. The van der Waals surface area contributed by atoms with Crippen molar-refractivity contribution >= 4 is 23.4 Å². The van der Waals surface area contributed by atoms with E-state index in [-0.39, 0.29) is 6.54 Å². The molecule has 1 aromatic heterocycles. The number of rotatable bonds is 10. The second-order valence-electron chi connectivity index (χ2n) is 4.15. The van der Waals surface area contributed by atoms with Gasteiger partial charge in [-0.2, -0.15) is 11.8 Å². The lowest BCUT2D eigenvalue weighted by molar-refractivity contribution is -0.404. The van der Waals surface area contributed by atoms with Crippen LogP contribution in [0.25, 0.3) is 0 Å². The van der Waals surface area contributed by atoms with Crippen LogP contribution in [-0.4, -0.2) is 28.7 Å². The summed E-state index contributed by atoms with van der Waals surface area (Å²) in [6, 6.07) is 3.62. The molecule has 0 saturated heterocycles. The van der Waals surface area contributed by atoms with Gasteiger partial charge in [0.1, 0.15) is 0 Å². The maximum absolute atomic E-state index is 10.5. The number of nitrogens with one attached hydrogen (secondary N) is 2. The Labute approximate surface area is 138 Å². The van der Waals surface area contributed by atoms with E-state index in [1.807, 2.05) is 6.07 Å². The van der Waals surface area contributed by atoms with Gasteiger partial charge in [-0.15, -0.1) is 6.42 Å². The molecule has 1 rings (SSSR count). The van der Waals surface area contributed by atoms with Gasteiger partial charge in [-0.05, 0) is 24.3 Å². The van der Waals surface area contributed by atoms with Crippen molar-refractivity contribution in [2.75, 3.05) is 18.8 Å². The van der Waals surface area contributed by atoms with E-state index in [9.17, 15) is 10.1 Å². The van der Waals surface area contributed by atoms with Crippen molar-refractivity contribution in [3.63, 3.8) is 0 Å². The normalized spacial score (nSPS) is 10.8. The monoisotopic (exact) mass is 340 g/mol. The van der Waals surface area contributed by atoms with Crippen molar-refractivity contribution in [1.82, 2.24) is 15.6 Å². The van der Waals surface area contributed by atoms with Gasteiger partial charge in [0.15, 0.2) is 5.82 Å². The Morgan fingerprint density at radius 2 is 2.41 bits per heavy atom. The van der Waals surface area contributed by atoms with Crippen molar-refractivity contribution in [2.24, 2.45) is 0 Å². The maximum Gasteiger partial charge on any atom is 0.274 e. The molecule has 22 heavy (non-hydrogen) atoms. The van der Waals surface area contributed by atoms with E-state index < -0.39 is 4.92 Å². The van der Waals surface area contributed by atoms with E-state index in [0.717, 1.165) is 29.8 Å². The lowest BCUT2D eigenvalue weighted by Gasteiger charge is -2.09. The zero-order valence-electron chi connectivity index (χ0n) is 11.9. The fraction of sp³-hybridized carbons (Fsp3) is 0.357. The summed E-state index contributed by atoms with van der Waals surface area (Å²) in [6.07, 6.45) is 8.55. The molecule has 0 saturated carbocycles. The van der Waals surface area contributed by atoms with Crippen LogP contribution in [0.15, 0.2) is 30.4 Å². The molecule has 0 radical (unpaired) electrons. The molecule has 118 valence electrons. The van der Waals surface area contributed by atoms with Crippen LogP contribution in [0.4, 0.5) is 0 Å². The predicted octanol–water partition coefficient (Wildman–Crippen LogP) is 2.25. The van der Waals surface area contributed by atoms with Gasteiger partial charge < -0.3 is 10.6 Å². The Morgan fingerprint density at radius 1 is 1.59 bits per heavy atom. The Bertz CT molecular complexity index is 560. The van der Waals surface area contributed by atoms with Crippen LogP contribution in [-0.2, 0) is 5.75 Å². The smallest absolute Gasteiger partial charge is 0.274 e. The molecule has 0 unspecified atom stereocenters. The average molecular weight is 341 g/mol. The molecular formula is C14H17ClN4O2S. The molecule has 0 spiro atoms. The van der Waals surface area contributed by atoms with Gasteiger partial charge in [0.25, 0.3) is 6.20 Å². The standard InChI is InChI=1S/C14H17ClN4O2S/c1-2-6-17-14(10-19(20)21)18-8-4-9-22-11-13-12(15)5-3-7-16-13/h1,3,5,7,10,17-18H,4,6,8-9,11H2. The van der Waals surface area contributed by atoms with Crippen LogP contribution >= 0.6 is 23.4 Å². The first-order valence-corrected chi connectivity index (χ1v) is 8.10. The molecule has 8 heteroatoms. The Hall–Kier alpha value is -1.91. The first-order valence-electron chi connectivity index (χ1n) is 6.57. The Morgan fingerprint density at radius 3 is 3.09 bits per heavy atom. The summed E-state index contributed by atoms with van der Waals surface area (Å²) in [6.45, 7) is 0.847. The zero-order chi connectivity index (χ0) is 16.2. The molecule has 0 bridgehead atoms. The van der Waals surface area contributed by atoms with Gasteiger partial charge in [0, 0.05) is 18.5 Å². The lowest BCUT2D eigenvalue weighted by Crippen LogP contribution is -2.28. The van der Waals surface area contributed by atoms with Gasteiger partial charge in [-0.1, -0.05) is 17.5 Å². The van der Waals surface area contributed by atoms with Crippen LogP contribution in [0.2, 0.25) is 5.02 Å². The first kappa shape index (κ1) is 18.1. The first-order chi connectivity index (χ1) is 10.6. The number of hydrogen-bond acceptors (Lipinski definition) is 6. The third-order valence-electron chi connectivity index (χ3n) is 2.47. The third-order valence-corrected chi connectivity index (χ3v) is 3.87. The summed E-state index contributed by atoms with van der Waals surface area (Å²) in [7, 11) is 0. The maximum atomic E-state index is 10.5. The topological polar surface area (TPSA) is 80.1 Å². The lowest BCUT2D eigenvalue weighted by atomic mass is 10.4. The highest BCUT2D eigenvalue weighted by molar-refractivity contribution is 7.98. The highest BCUT2D eigenvalue weighted by atomic mass is 35.5. The number of halogens is 1. The van der Waals surface area contributed by atoms with Crippen LogP contribution in [0.1, 0.15) is 12.1 Å². The van der Waals surface area contributed by atoms with Crippen LogP contribution < -0.4 is 10.6 Å². The fourth-order valence-electron chi connectivity index (χ4n) is 1.50. The van der Waals surface area contributed by atoms with Crippen LogP contribution in [0, 0.1) is 22.5 Å². The van der Waals surface area contributed by atoms with E-state index >= 15 is 0 Å². The Kier molecular flexibility index (Phi) is 8.88. The van der Waals surface area contributed by atoms with E-state index in [1.165, 1.54) is 0 Å². The Balaban J connectivity index is 2.22. The largest absolute Gasteiger partial charge is 0.367 e. The average Bonchev–Trinajstić information content (AvgIpc) is 2.49. The SMILES string of the molecule is C#CCNC(=C[N+](=O)[O-])NCCCSCc1ncccc1Cl. The second kappa shape index (κ2) is 10.8. The van der Waals surface area contributed by atoms with Gasteiger partial charge in [0.2, 0.25) is 0 Å². The fourth-order valence-corrected chi connectivity index (χ4v) is 2.68. The minimum atomic E-state index is -0.524. The molecule has 0 aromatic carbocycles. The molecule has 0 fully saturated rings. The number of nitrogens with zero attached hydrogens (tertiary/aromatic N) is 2. The summed E-state index contributed by atoms with van der Waals surface area (Å²) in [5.74, 6) is 4.32. The molecule has 6 nitrogen and oxygen atoms in total. The van der Waals surface area contributed by atoms with Crippen molar-refractivity contribution in [1.29, 1.82) is 0 Å². The molecule has 0 aliphatic carbocycles. The molecule has 1 aromatic rings. The molecule has 0 amide bonds. The van der Waals surface area contributed by atoms with E-state index in [4.69, 9.17) is 18.0 Å². The molecule has 0 aliphatic heterocycles. The summed E-state index contributed by atoms with van der Waals surface area (Å²) < 4.78 is 0. The van der Waals surface area contributed by atoms with Gasteiger partial charge in [-0.3, -0.25) is 15.1 Å². The van der Waals surface area contributed by atoms with Gasteiger partial charge in [0.05, 0.1) is 22.2 Å². The summed E-state index contributed by atoms with van der Waals surface area (Å²) in [4.78, 5) is 14.2. The van der Waals surface area contributed by atoms with Gasteiger partial charge >= 0.3 is 0 Å². The quantitative estimate of drug-likeness (QED) is 0.294. The van der Waals surface area contributed by atoms with Crippen LogP contribution in [0.3, 0.4) is 0 Å². The molecule has 0 aliphatic rings. The van der Waals surface area contributed by atoms with E-state index in [2.05, 4.69) is 21.5 Å². The minimum absolute atomic E-state index is 0.236. The number of aromatic nitrogens is 1. The predicted molar refractivity (Wildman–Crippen MR) is 89.9 cm³/mol. The number of nitro groups is 1. The number of hydrogen-bond donors (Lipinski definition) is 2. The summed E-state index contributed by atoms with van der Waals surface area (Å²) in [5.41, 5.74) is 0.867. The minimum Gasteiger partial charge on any atom is -0.367 e. The number of thioether (sulfide) groups is 1. The van der Waals surface area contributed by atoms with Crippen LogP contribution in [0.5, 0.6) is 0 Å². The van der Waals surface area contributed by atoms with Crippen molar-refractivity contribution < 1.29 is 4.92 Å². The molecule has 2 N–H and O–H groups in total. The third kappa shape index (κ3) is 7.76. The number of pyridine rings is 1. The van der Waals surface area contributed by atoms with E-state index in [0.29, 0.717) is 17.4 Å². The molecular weight excluding hydrogens is 324 g/mol. The number of terminal acetylenes is 1. The summed E-state index contributed by atoms with van der Waals surface area (Å²) >= 11 is 7.73. The molecule has 1 heterocycles. The highest BCUT2D eigenvalue weighted by Gasteiger charge is 2.02. The highest BCUT2D eigenvalue weighted by Crippen LogP contribution is 2.18. The van der Waals surface area contributed by atoms with Gasteiger partial charge in [-0.25, -0.2) is 0 Å². The van der Waals surface area contributed by atoms with E-state index in [1.54, 1.807) is 24.0 Å². The van der Waals surface area contributed by atoms with Crippen molar-refractivity contribution in [3.05, 3.63) is 51.2 Å². The molecule has 0 atom stereocenters. The zero-order valence-corrected chi connectivity index (χ0v) is 13.5. The van der Waals surface area contributed by atoms with Crippen molar-refractivity contribution in [2.45, 2.75) is 12.2 Å². The summed E-state index contributed by atoms with van der Waals surface area (Å²) in [5, 5.41) is 16.9. The van der Waals surface area contributed by atoms with Crippen molar-refractivity contribution in [3.8, 4) is 12.3 Å².